The van der Waals surface area contributed by atoms with Crippen LogP contribution in [0.1, 0.15) is 11.3 Å². The van der Waals surface area contributed by atoms with E-state index in [1.807, 2.05) is 6.92 Å². The van der Waals surface area contributed by atoms with Gasteiger partial charge in [-0.15, -0.1) is 0 Å². The Kier molecular flexibility index (Phi) is 3.86. The van der Waals surface area contributed by atoms with Crippen LogP contribution in [0.3, 0.4) is 0 Å². The summed E-state index contributed by atoms with van der Waals surface area (Å²) in [6.45, 7) is 1.81. The van der Waals surface area contributed by atoms with Crippen molar-refractivity contribution in [3.05, 3.63) is 39.5 Å². The minimum Gasteiger partial charge on any atom is -0.260 e. The van der Waals surface area contributed by atoms with Gasteiger partial charge in [-0.25, -0.2) is 0 Å². The number of halogens is 2. The number of rotatable bonds is 2. The molecule has 0 N–H and O–H groups in total. The SMILES string of the molecule is Cc1nn(C)c(Sc2cc(Cl)ccc2Cl)c1C#N. The van der Waals surface area contributed by atoms with Crippen LogP contribution in [0.25, 0.3) is 0 Å². The van der Waals surface area contributed by atoms with Gasteiger partial charge in [0.05, 0.1) is 10.7 Å². The Hall–Kier alpha value is -1.15. The van der Waals surface area contributed by atoms with Crippen LogP contribution in [0.5, 0.6) is 0 Å². The van der Waals surface area contributed by atoms with Crippen molar-refractivity contribution in [2.75, 3.05) is 0 Å². The lowest BCUT2D eigenvalue weighted by Gasteiger charge is -2.05. The molecule has 0 aliphatic heterocycles. The van der Waals surface area contributed by atoms with Crippen LogP contribution in [0.15, 0.2) is 28.1 Å². The number of benzene rings is 1. The van der Waals surface area contributed by atoms with E-state index in [0.29, 0.717) is 21.3 Å². The van der Waals surface area contributed by atoms with Crippen molar-refractivity contribution in [3.63, 3.8) is 0 Å². The highest BCUT2D eigenvalue weighted by Crippen LogP contribution is 2.36. The van der Waals surface area contributed by atoms with E-state index in [1.54, 1.807) is 29.9 Å². The molecular weight excluding hydrogens is 289 g/mol. The van der Waals surface area contributed by atoms with Gasteiger partial charge in [-0.2, -0.15) is 10.4 Å². The molecule has 0 aliphatic carbocycles. The lowest BCUT2D eigenvalue weighted by Crippen LogP contribution is -1.93. The van der Waals surface area contributed by atoms with Crippen molar-refractivity contribution in [3.8, 4) is 6.07 Å². The molecule has 1 aromatic carbocycles. The standard InChI is InChI=1S/C12H9Cl2N3S/c1-7-9(6-15)12(17(2)16-7)18-11-5-8(13)3-4-10(11)14/h3-5H,1-2H3. The molecule has 0 atom stereocenters. The van der Waals surface area contributed by atoms with Crippen LogP contribution in [0, 0.1) is 18.3 Å². The maximum absolute atomic E-state index is 9.14. The fourth-order valence-corrected chi connectivity index (χ4v) is 3.04. The molecule has 18 heavy (non-hydrogen) atoms. The summed E-state index contributed by atoms with van der Waals surface area (Å²) in [4.78, 5) is 0.809. The summed E-state index contributed by atoms with van der Waals surface area (Å²) in [5.74, 6) is 0. The summed E-state index contributed by atoms with van der Waals surface area (Å²) >= 11 is 13.4. The minimum atomic E-state index is 0.568. The van der Waals surface area contributed by atoms with Gasteiger partial charge in [0.25, 0.3) is 0 Å². The average molecular weight is 298 g/mol. The summed E-state index contributed by atoms with van der Waals surface area (Å²) < 4.78 is 1.68. The Labute approximate surface area is 119 Å². The number of nitrogens with zero attached hydrogens (tertiary/aromatic N) is 3. The zero-order valence-electron chi connectivity index (χ0n) is 9.74. The fraction of sp³-hybridized carbons (Fsp3) is 0.167. The topological polar surface area (TPSA) is 41.6 Å². The van der Waals surface area contributed by atoms with Crippen molar-refractivity contribution in [1.29, 1.82) is 5.26 Å². The maximum Gasteiger partial charge on any atom is 0.117 e. The summed E-state index contributed by atoms with van der Waals surface area (Å²) in [5.41, 5.74) is 1.28. The summed E-state index contributed by atoms with van der Waals surface area (Å²) in [6.07, 6.45) is 0. The van der Waals surface area contributed by atoms with Crippen LogP contribution in [0.4, 0.5) is 0 Å². The van der Waals surface area contributed by atoms with Gasteiger partial charge < -0.3 is 0 Å². The second kappa shape index (κ2) is 5.23. The van der Waals surface area contributed by atoms with E-state index in [9.17, 15) is 0 Å². The first-order valence-corrected chi connectivity index (χ1v) is 6.66. The van der Waals surface area contributed by atoms with Crippen molar-refractivity contribution in [2.45, 2.75) is 16.8 Å². The van der Waals surface area contributed by atoms with Gasteiger partial charge in [-0.3, -0.25) is 4.68 Å². The predicted molar refractivity (Wildman–Crippen MR) is 73.2 cm³/mol. The largest absolute Gasteiger partial charge is 0.260 e. The van der Waals surface area contributed by atoms with E-state index in [0.717, 1.165) is 9.92 Å². The highest BCUT2D eigenvalue weighted by atomic mass is 35.5. The van der Waals surface area contributed by atoms with Crippen LogP contribution in [-0.2, 0) is 7.05 Å². The highest BCUT2D eigenvalue weighted by molar-refractivity contribution is 7.99. The summed E-state index contributed by atoms with van der Waals surface area (Å²) in [5, 5.41) is 15.3. The Bertz CT molecular complexity index is 644. The lowest BCUT2D eigenvalue weighted by atomic mass is 10.3. The van der Waals surface area contributed by atoms with Gasteiger partial charge >= 0.3 is 0 Å². The third-order valence-corrected chi connectivity index (χ3v) is 4.28. The molecule has 0 fully saturated rings. The number of hydrogen-bond acceptors (Lipinski definition) is 3. The molecule has 1 aromatic heterocycles. The van der Waals surface area contributed by atoms with E-state index in [-0.39, 0.29) is 0 Å². The van der Waals surface area contributed by atoms with Gasteiger partial charge in [0.1, 0.15) is 16.7 Å². The minimum absolute atomic E-state index is 0.568. The first-order valence-electron chi connectivity index (χ1n) is 5.09. The molecule has 0 unspecified atom stereocenters. The average Bonchev–Trinajstić information content (AvgIpc) is 2.58. The molecule has 0 radical (unpaired) electrons. The van der Waals surface area contributed by atoms with Crippen LogP contribution in [0.2, 0.25) is 10.0 Å². The molecule has 2 aromatic rings. The van der Waals surface area contributed by atoms with E-state index in [2.05, 4.69) is 11.2 Å². The predicted octanol–water partition coefficient (Wildman–Crippen LogP) is 4.06. The third kappa shape index (κ3) is 2.49. The first kappa shape index (κ1) is 13.3. The first-order chi connectivity index (χ1) is 8.52. The zero-order chi connectivity index (χ0) is 13.3. The molecule has 6 heteroatoms. The van der Waals surface area contributed by atoms with E-state index < -0.39 is 0 Å². The van der Waals surface area contributed by atoms with Gasteiger partial charge in [-0.1, -0.05) is 35.0 Å². The van der Waals surface area contributed by atoms with Gasteiger partial charge in [0.15, 0.2) is 0 Å². The van der Waals surface area contributed by atoms with Crippen LogP contribution >= 0.6 is 35.0 Å². The Morgan fingerprint density at radius 2 is 2.11 bits per heavy atom. The number of nitriles is 1. The van der Waals surface area contributed by atoms with Crippen molar-refractivity contribution >= 4 is 35.0 Å². The summed E-state index contributed by atoms with van der Waals surface area (Å²) in [7, 11) is 1.80. The van der Waals surface area contributed by atoms with Crippen molar-refractivity contribution < 1.29 is 0 Å². The number of aromatic nitrogens is 2. The van der Waals surface area contributed by atoms with E-state index in [4.69, 9.17) is 28.5 Å². The highest BCUT2D eigenvalue weighted by Gasteiger charge is 2.15. The molecule has 0 bridgehead atoms. The molecule has 0 aliphatic rings. The van der Waals surface area contributed by atoms with Crippen LogP contribution < -0.4 is 0 Å². The van der Waals surface area contributed by atoms with Crippen molar-refractivity contribution in [2.24, 2.45) is 7.05 Å². The van der Waals surface area contributed by atoms with E-state index in [1.165, 1.54) is 11.8 Å². The molecule has 1 heterocycles. The second-order valence-corrected chi connectivity index (χ2v) is 5.55. The molecule has 0 saturated carbocycles. The van der Waals surface area contributed by atoms with Gasteiger partial charge in [0, 0.05) is 17.0 Å². The maximum atomic E-state index is 9.14. The smallest absolute Gasteiger partial charge is 0.117 e. The molecular formula is C12H9Cl2N3S. The quantitative estimate of drug-likeness (QED) is 0.839. The monoisotopic (exact) mass is 297 g/mol. The Morgan fingerprint density at radius 3 is 2.78 bits per heavy atom. The molecule has 92 valence electrons. The van der Waals surface area contributed by atoms with E-state index >= 15 is 0 Å². The Balaban J connectivity index is 2.46. The normalized spacial score (nSPS) is 10.4. The fourth-order valence-electron chi connectivity index (χ4n) is 1.54. The van der Waals surface area contributed by atoms with Gasteiger partial charge in [-0.05, 0) is 25.1 Å². The second-order valence-electron chi connectivity index (χ2n) is 3.68. The lowest BCUT2D eigenvalue weighted by molar-refractivity contribution is 0.692. The molecule has 0 saturated heterocycles. The molecule has 0 amide bonds. The number of aryl methyl sites for hydroxylation is 2. The number of hydrogen-bond donors (Lipinski definition) is 0. The zero-order valence-corrected chi connectivity index (χ0v) is 12.1. The molecule has 0 spiro atoms. The molecule has 2 rings (SSSR count). The summed E-state index contributed by atoms with van der Waals surface area (Å²) in [6, 6.07) is 7.40. The Morgan fingerprint density at radius 1 is 1.39 bits per heavy atom. The van der Waals surface area contributed by atoms with Gasteiger partial charge in [0.2, 0.25) is 0 Å². The van der Waals surface area contributed by atoms with Crippen LogP contribution in [-0.4, -0.2) is 9.78 Å². The van der Waals surface area contributed by atoms with Crippen molar-refractivity contribution in [1.82, 2.24) is 9.78 Å². The molecule has 3 nitrogen and oxygen atoms in total. The third-order valence-electron chi connectivity index (χ3n) is 2.38.